The zero-order valence-electron chi connectivity index (χ0n) is 11.1. The van der Waals surface area contributed by atoms with Crippen molar-refractivity contribution < 1.29 is 13.6 Å². The molecule has 0 atom stereocenters. The van der Waals surface area contributed by atoms with Gasteiger partial charge in [-0.05, 0) is 25.1 Å². The van der Waals surface area contributed by atoms with Crippen molar-refractivity contribution in [2.24, 2.45) is 0 Å². The molecule has 0 saturated carbocycles. The third-order valence-corrected chi connectivity index (χ3v) is 2.86. The Morgan fingerprint density at radius 2 is 1.90 bits per heavy atom. The molecule has 0 spiro atoms. The summed E-state index contributed by atoms with van der Waals surface area (Å²) in [5.41, 5.74) is 0.204. The summed E-state index contributed by atoms with van der Waals surface area (Å²) in [6, 6.07) is 4.18. The fourth-order valence-corrected chi connectivity index (χ4v) is 1.92. The highest BCUT2D eigenvalue weighted by atomic mass is 35.5. The second-order valence-electron chi connectivity index (χ2n) is 4.20. The summed E-state index contributed by atoms with van der Waals surface area (Å²) >= 11 is 5.98. The van der Waals surface area contributed by atoms with Crippen LogP contribution in [0.2, 0.25) is 5.02 Å². The Bertz CT molecular complexity index is 659. The maximum Gasteiger partial charge on any atom is 0.257 e. The number of anilines is 2. The number of aromatic nitrogens is 1. The van der Waals surface area contributed by atoms with E-state index in [0.717, 1.165) is 18.2 Å². The Hall–Kier alpha value is -2.21. The lowest BCUT2D eigenvalue weighted by molar-refractivity contribution is 0.102. The second-order valence-corrected chi connectivity index (χ2v) is 4.60. The van der Waals surface area contributed by atoms with Gasteiger partial charge in [-0.2, -0.15) is 0 Å². The van der Waals surface area contributed by atoms with Gasteiger partial charge in [0, 0.05) is 24.5 Å². The highest BCUT2D eigenvalue weighted by molar-refractivity contribution is 6.33. The number of pyridine rings is 1. The van der Waals surface area contributed by atoms with Gasteiger partial charge >= 0.3 is 0 Å². The van der Waals surface area contributed by atoms with Crippen molar-refractivity contribution in [3.05, 3.63) is 52.7 Å². The number of benzene rings is 1. The maximum absolute atomic E-state index is 13.0. The molecule has 110 valence electrons. The zero-order valence-corrected chi connectivity index (χ0v) is 11.8. The summed E-state index contributed by atoms with van der Waals surface area (Å²) in [6.07, 6.45) is 1.33. The third-order valence-electron chi connectivity index (χ3n) is 2.57. The van der Waals surface area contributed by atoms with Gasteiger partial charge in [0.2, 0.25) is 0 Å². The molecule has 2 aromatic rings. The quantitative estimate of drug-likeness (QED) is 0.905. The van der Waals surface area contributed by atoms with Crippen LogP contribution < -0.4 is 10.6 Å². The summed E-state index contributed by atoms with van der Waals surface area (Å²) in [5.74, 6) is -1.64. The Kier molecular flexibility index (Phi) is 4.70. The molecule has 0 saturated heterocycles. The second kappa shape index (κ2) is 6.49. The van der Waals surface area contributed by atoms with Crippen LogP contribution in [0.25, 0.3) is 0 Å². The van der Waals surface area contributed by atoms with Crippen LogP contribution in [0.15, 0.2) is 30.5 Å². The van der Waals surface area contributed by atoms with E-state index in [4.69, 9.17) is 11.6 Å². The van der Waals surface area contributed by atoms with Gasteiger partial charge in [0.15, 0.2) is 0 Å². The van der Waals surface area contributed by atoms with Crippen molar-refractivity contribution in [3.63, 3.8) is 0 Å². The summed E-state index contributed by atoms with van der Waals surface area (Å²) in [6.45, 7) is 2.53. The Balaban J connectivity index is 2.18. The van der Waals surface area contributed by atoms with E-state index >= 15 is 0 Å². The molecule has 1 heterocycles. The number of carbonyl (C=O) groups excluding carboxylic acids is 1. The smallest absolute Gasteiger partial charge is 0.257 e. The predicted octanol–water partition coefficient (Wildman–Crippen LogP) is 3.70. The minimum atomic E-state index is -0.774. The first-order valence-corrected chi connectivity index (χ1v) is 6.54. The molecule has 0 unspecified atom stereocenters. The summed E-state index contributed by atoms with van der Waals surface area (Å²) in [7, 11) is 0. The number of hydrogen-bond donors (Lipinski definition) is 2. The number of rotatable bonds is 4. The van der Waals surface area contributed by atoms with E-state index in [1.807, 2.05) is 6.92 Å². The average Bonchev–Trinajstić information content (AvgIpc) is 2.40. The fourth-order valence-electron chi connectivity index (χ4n) is 1.69. The van der Waals surface area contributed by atoms with Crippen molar-refractivity contribution in [2.75, 3.05) is 17.2 Å². The molecular weight excluding hydrogens is 300 g/mol. The van der Waals surface area contributed by atoms with Gasteiger partial charge in [0.25, 0.3) is 5.91 Å². The van der Waals surface area contributed by atoms with Crippen LogP contribution >= 0.6 is 11.6 Å². The van der Waals surface area contributed by atoms with Crippen LogP contribution in [0.5, 0.6) is 0 Å². The van der Waals surface area contributed by atoms with Gasteiger partial charge in [-0.15, -0.1) is 0 Å². The molecule has 1 amide bonds. The van der Waals surface area contributed by atoms with Crippen molar-refractivity contribution >= 4 is 29.0 Å². The monoisotopic (exact) mass is 311 g/mol. The lowest BCUT2D eigenvalue weighted by atomic mass is 10.2. The topological polar surface area (TPSA) is 54.0 Å². The van der Waals surface area contributed by atoms with E-state index in [-0.39, 0.29) is 16.3 Å². The molecule has 2 rings (SSSR count). The van der Waals surface area contributed by atoms with Crippen molar-refractivity contribution in [1.29, 1.82) is 0 Å². The summed E-state index contributed by atoms with van der Waals surface area (Å²) < 4.78 is 26.1. The molecule has 0 aliphatic rings. The first-order valence-electron chi connectivity index (χ1n) is 6.16. The molecule has 1 aromatic carbocycles. The SMILES string of the molecule is CCNc1ncc(C(=O)Nc2cc(F)cc(F)c2)cc1Cl. The molecule has 0 bridgehead atoms. The van der Waals surface area contributed by atoms with Crippen LogP contribution in [0.3, 0.4) is 0 Å². The van der Waals surface area contributed by atoms with E-state index < -0.39 is 17.5 Å². The zero-order chi connectivity index (χ0) is 15.4. The van der Waals surface area contributed by atoms with Gasteiger partial charge in [-0.25, -0.2) is 13.8 Å². The van der Waals surface area contributed by atoms with Gasteiger partial charge in [-0.3, -0.25) is 4.79 Å². The molecule has 21 heavy (non-hydrogen) atoms. The molecule has 4 nitrogen and oxygen atoms in total. The van der Waals surface area contributed by atoms with E-state index in [1.54, 1.807) is 0 Å². The van der Waals surface area contributed by atoms with Crippen molar-refractivity contribution in [2.45, 2.75) is 6.92 Å². The standard InChI is InChI=1S/C14H12ClF2N3O/c1-2-18-13-12(15)3-8(7-19-13)14(21)20-11-5-9(16)4-10(17)6-11/h3-7H,2H2,1H3,(H,18,19)(H,20,21). The van der Waals surface area contributed by atoms with Crippen LogP contribution in [0.4, 0.5) is 20.3 Å². The van der Waals surface area contributed by atoms with Crippen molar-refractivity contribution in [3.8, 4) is 0 Å². The fraction of sp³-hybridized carbons (Fsp3) is 0.143. The van der Waals surface area contributed by atoms with Gasteiger partial charge in [-0.1, -0.05) is 11.6 Å². The Morgan fingerprint density at radius 1 is 1.24 bits per heavy atom. The summed E-state index contributed by atoms with van der Waals surface area (Å²) in [4.78, 5) is 16.0. The minimum Gasteiger partial charge on any atom is -0.369 e. The van der Waals surface area contributed by atoms with Gasteiger partial charge < -0.3 is 10.6 Å². The molecule has 1 aromatic heterocycles. The number of carbonyl (C=O) groups is 1. The lowest BCUT2D eigenvalue weighted by Crippen LogP contribution is -2.13. The average molecular weight is 312 g/mol. The molecule has 0 radical (unpaired) electrons. The van der Waals surface area contributed by atoms with Gasteiger partial charge in [0.1, 0.15) is 17.5 Å². The third kappa shape index (κ3) is 3.88. The molecule has 0 fully saturated rings. The van der Waals surface area contributed by atoms with Crippen LogP contribution in [0.1, 0.15) is 17.3 Å². The van der Waals surface area contributed by atoms with E-state index in [0.29, 0.717) is 12.4 Å². The van der Waals surface area contributed by atoms with Crippen LogP contribution in [0, 0.1) is 11.6 Å². The molecule has 0 aliphatic heterocycles. The lowest BCUT2D eigenvalue weighted by Gasteiger charge is -2.08. The minimum absolute atomic E-state index is 0.0179. The number of halogens is 3. The van der Waals surface area contributed by atoms with E-state index in [2.05, 4.69) is 15.6 Å². The van der Waals surface area contributed by atoms with Crippen molar-refractivity contribution in [1.82, 2.24) is 4.98 Å². The van der Waals surface area contributed by atoms with E-state index in [9.17, 15) is 13.6 Å². The Labute approximate surface area is 125 Å². The number of nitrogens with zero attached hydrogens (tertiary/aromatic N) is 1. The van der Waals surface area contributed by atoms with Gasteiger partial charge in [0.05, 0.1) is 10.6 Å². The molecule has 0 aliphatic carbocycles. The largest absolute Gasteiger partial charge is 0.369 e. The number of amides is 1. The Morgan fingerprint density at radius 3 is 2.48 bits per heavy atom. The molecular formula is C14H12ClF2N3O. The molecule has 7 heteroatoms. The summed E-state index contributed by atoms with van der Waals surface area (Å²) in [5, 5.41) is 5.60. The first-order chi connectivity index (χ1) is 9.99. The number of nitrogens with one attached hydrogen (secondary N) is 2. The first kappa shape index (κ1) is 15.2. The van der Waals surface area contributed by atoms with Crippen LogP contribution in [-0.2, 0) is 0 Å². The predicted molar refractivity (Wildman–Crippen MR) is 77.7 cm³/mol. The van der Waals surface area contributed by atoms with E-state index in [1.165, 1.54) is 12.3 Å². The normalized spacial score (nSPS) is 10.3. The molecule has 2 N–H and O–H groups in total. The maximum atomic E-state index is 13.0. The number of hydrogen-bond acceptors (Lipinski definition) is 3. The highest BCUT2D eigenvalue weighted by Crippen LogP contribution is 2.21. The highest BCUT2D eigenvalue weighted by Gasteiger charge is 2.11. The van der Waals surface area contributed by atoms with Crippen LogP contribution in [-0.4, -0.2) is 17.4 Å².